The summed E-state index contributed by atoms with van der Waals surface area (Å²) in [6.45, 7) is 2.32. The number of carbonyl (C=O) groups is 2. The first-order valence-corrected chi connectivity index (χ1v) is 9.90. The molecule has 0 unspecified atom stereocenters. The number of hydrogen-bond acceptors (Lipinski definition) is 4. The monoisotopic (exact) mass is 429 g/mol. The van der Waals surface area contributed by atoms with Crippen molar-refractivity contribution in [2.75, 3.05) is 10.6 Å². The molecule has 0 saturated heterocycles. The molecule has 2 N–H and O–H groups in total. The molecule has 7 nitrogen and oxygen atoms in total. The lowest BCUT2D eigenvalue weighted by Gasteiger charge is -2.11. The molecule has 0 aliphatic rings. The Morgan fingerprint density at radius 2 is 1.84 bits per heavy atom. The summed E-state index contributed by atoms with van der Waals surface area (Å²) in [5.74, 6) is -1.18. The number of aromatic nitrogens is 3. The first-order valence-electron chi connectivity index (χ1n) is 9.90. The Morgan fingerprint density at radius 1 is 1.00 bits per heavy atom. The number of amides is 2. The molecule has 0 bridgehead atoms. The number of halogens is 1. The topological polar surface area (TPSA) is 88.9 Å². The Morgan fingerprint density at radius 3 is 2.62 bits per heavy atom. The van der Waals surface area contributed by atoms with Gasteiger partial charge in [0.2, 0.25) is 0 Å². The predicted octanol–water partition coefficient (Wildman–Crippen LogP) is 4.28. The number of hydrogen-bond donors (Lipinski definition) is 2. The van der Waals surface area contributed by atoms with Crippen LogP contribution in [0.4, 0.5) is 15.9 Å². The molecule has 0 radical (unpaired) electrons. The third-order valence-electron chi connectivity index (χ3n) is 4.82. The molecule has 4 rings (SSSR count). The van der Waals surface area contributed by atoms with Crippen LogP contribution >= 0.6 is 0 Å². The average Bonchev–Trinajstić information content (AvgIpc) is 3.22. The lowest BCUT2D eigenvalue weighted by Crippen LogP contribution is -2.16. The van der Waals surface area contributed by atoms with Crippen molar-refractivity contribution in [1.82, 2.24) is 14.8 Å². The lowest BCUT2D eigenvalue weighted by molar-refractivity contribution is 0.101. The largest absolute Gasteiger partial charge is 0.322 e. The maximum absolute atomic E-state index is 13.9. The third-order valence-corrected chi connectivity index (χ3v) is 4.82. The van der Waals surface area contributed by atoms with Crippen LogP contribution in [0.25, 0.3) is 0 Å². The van der Waals surface area contributed by atoms with Crippen LogP contribution in [0.1, 0.15) is 31.8 Å². The highest BCUT2D eigenvalue weighted by atomic mass is 19.1. The minimum absolute atomic E-state index is 0.0686. The van der Waals surface area contributed by atoms with Crippen molar-refractivity contribution in [2.45, 2.75) is 13.5 Å². The number of anilines is 2. The van der Waals surface area contributed by atoms with E-state index in [9.17, 15) is 14.0 Å². The normalized spacial score (nSPS) is 10.6. The molecular weight excluding hydrogens is 409 g/mol. The van der Waals surface area contributed by atoms with E-state index >= 15 is 0 Å². The fourth-order valence-corrected chi connectivity index (χ4v) is 3.12. The Bertz CT molecular complexity index is 1270. The summed E-state index contributed by atoms with van der Waals surface area (Å²) < 4.78 is 15.6. The van der Waals surface area contributed by atoms with Crippen LogP contribution in [0, 0.1) is 12.7 Å². The molecule has 2 aromatic heterocycles. The van der Waals surface area contributed by atoms with Gasteiger partial charge in [0.1, 0.15) is 5.82 Å². The molecule has 0 atom stereocenters. The smallest absolute Gasteiger partial charge is 0.258 e. The van der Waals surface area contributed by atoms with Gasteiger partial charge in [0, 0.05) is 35.9 Å². The Labute approximate surface area is 183 Å². The second kappa shape index (κ2) is 9.22. The van der Waals surface area contributed by atoms with E-state index in [1.54, 1.807) is 60.5 Å². The molecule has 4 aromatic rings. The minimum Gasteiger partial charge on any atom is -0.322 e. The van der Waals surface area contributed by atoms with Crippen molar-refractivity contribution in [2.24, 2.45) is 0 Å². The highest BCUT2D eigenvalue weighted by Gasteiger charge is 2.15. The van der Waals surface area contributed by atoms with Gasteiger partial charge in [0.15, 0.2) is 5.82 Å². The van der Waals surface area contributed by atoms with E-state index in [1.165, 1.54) is 18.2 Å². The summed E-state index contributed by atoms with van der Waals surface area (Å²) in [5.41, 5.74) is 2.42. The van der Waals surface area contributed by atoms with Crippen molar-refractivity contribution >= 4 is 23.3 Å². The Kier molecular flexibility index (Phi) is 6.03. The summed E-state index contributed by atoms with van der Waals surface area (Å²) >= 11 is 0. The molecule has 0 aliphatic carbocycles. The second-order valence-electron chi connectivity index (χ2n) is 7.18. The summed E-state index contributed by atoms with van der Waals surface area (Å²) in [7, 11) is 0. The van der Waals surface area contributed by atoms with Gasteiger partial charge in [0.05, 0.1) is 12.1 Å². The van der Waals surface area contributed by atoms with Crippen molar-refractivity contribution in [3.8, 4) is 0 Å². The molecule has 0 fully saturated rings. The summed E-state index contributed by atoms with van der Waals surface area (Å²) in [4.78, 5) is 29.2. The van der Waals surface area contributed by atoms with Gasteiger partial charge >= 0.3 is 0 Å². The molecule has 2 amide bonds. The van der Waals surface area contributed by atoms with Crippen molar-refractivity contribution < 1.29 is 14.0 Å². The van der Waals surface area contributed by atoms with E-state index in [0.29, 0.717) is 23.6 Å². The molecule has 0 aliphatic heterocycles. The maximum atomic E-state index is 13.9. The fraction of sp³-hybridized carbons (Fsp3) is 0.0833. The van der Waals surface area contributed by atoms with Crippen LogP contribution in [0.3, 0.4) is 0 Å². The standard InChI is InChI=1S/C24H20FN5O2/c1-16-8-9-18(13-21(16)27-24(32)19-6-2-3-7-20(19)25)23(31)28-22-10-12-30(29-22)15-17-5-4-11-26-14-17/h2-14H,15H2,1H3,(H,27,32)(H,28,29,31). The molecular formula is C24H20FN5O2. The van der Waals surface area contributed by atoms with Crippen LogP contribution in [0.2, 0.25) is 0 Å². The molecule has 0 saturated carbocycles. The number of nitrogens with zero attached hydrogens (tertiary/aromatic N) is 3. The highest BCUT2D eigenvalue weighted by Crippen LogP contribution is 2.20. The van der Waals surface area contributed by atoms with E-state index in [0.717, 1.165) is 11.1 Å². The Balaban J connectivity index is 1.45. The number of carbonyl (C=O) groups excluding carboxylic acids is 2. The van der Waals surface area contributed by atoms with Crippen LogP contribution in [0.15, 0.2) is 79.3 Å². The molecule has 2 heterocycles. The second-order valence-corrected chi connectivity index (χ2v) is 7.18. The first kappa shape index (κ1) is 20.9. The highest BCUT2D eigenvalue weighted by molar-refractivity contribution is 6.07. The van der Waals surface area contributed by atoms with Crippen molar-refractivity contribution in [1.29, 1.82) is 0 Å². The zero-order valence-electron chi connectivity index (χ0n) is 17.2. The Hall–Kier alpha value is -4.33. The number of benzene rings is 2. The zero-order chi connectivity index (χ0) is 22.5. The molecule has 8 heteroatoms. The van der Waals surface area contributed by atoms with Crippen LogP contribution < -0.4 is 10.6 Å². The van der Waals surface area contributed by atoms with E-state index in [-0.39, 0.29) is 11.5 Å². The zero-order valence-corrected chi connectivity index (χ0v) is 17.2. The van der Waals surface area contributed by atoms with Gasteiger partial charge in [-0.2, -0.15) is 5.10 Å². The predicted molar refractivity (Wildman–Crippen MR) is 119 cm³/mol. The van der Waals surface area contributed by atoms with Crippen LogP contribution in [-0.4, -0.2) is 26.6 Å². The maximum Gasteiger partial charge on any atom is 0.258 e. The molecule has 0 spiro atoms. The van der Waals surface area contributed by atoms with Gasteiger partial charge in [-0.15, -0.1) is 0 Å². The van der Waals surface area contributed by atoms with Gasteiger partial charge in [-0.3, -0.25) is 19.3 Å². The lowest BCUT2D eigenvalue weighted by atomic mass is 10.1. The third kappa shape index (κ3) is 4.86. The molecule has 32 heavy (non-hydrogen) atoms. The number of rotatable bonds is 6. The van der Waals surface area contributed by atoms with Crippen LogP contribution in [0.5, 0.6) is 0 Å². The van der Waals surface area contributed by atoms with E-state index in [2.05, 4.69) is 20.7 Å². The summed E-state index contributed by atoms with van der Waals surface area (Å²) in [6.07, 6.45) is 5.22. The van der Waals surface area contributed by atoms with Gasteiger partial charge in [-0.05, 0) is 48.4 Å². The quantitative estimate of drug-likeness (QED) is 0.479. The average molecular weight is 429 g/mol. The van der Waals surface area contributed by atoms with Crippen LogP contribution in [-0.2, 0) is 6.54 Å². The fourth-order valence-electron chi connectivity index (χ4n) is 3.12. The van der Waals surface area contributed by atoms with E-state index in [4.69, 9.17) is 0 Å². The van der Waals surface area contributed by atoms with Gasteiger partial charge in [-0.1, -0.05) is 24.3 Å². The summed E-state index contributed by atoms with van der Waals surface area (Å²) in [6, 6.07) is 16.1. The van der Waals surface area contributed by atoms with E-state index < -0.39 is 11.7 Å². The van der Waals surface area contributed by atoms with Gasteiger partial charge in [0.25, 0.3) is 11.8 Å². The van der Waals surface area contributed by atoms with Crippen molar-refractivity contribution in [3.05, 3.63) is 107 Å². The first-order chi connectivity index (χ1) is 15.5. The SMILES string of the molecule is Cc1ccc(C(=O)Nc2ccn(Cc3cccnc3)n2)cc1NC(=O)c1ccccc1F. The number of pyridine rings is 1. The molecule has 160 valence electrons. The van der Waals surface area contributed by atoms with Crippen molar-refractivity contribution in [3.63, 3.8) is 0 Å². The summed E-state index contributed by atoms with van der Waals surface area (Å²) in [5, 5.41) is 9.77. The number of aryl methyl sites for hydroxylation is 1. The number of nitrogens with one attached hydrogen (secondary N) is 2. The van der Waals surface area contributed by atoms with E-state index in [1.807, 2.05) is 12.1 Å². The van der Waals surface area contributed by atoms with Gasteiger partial charge < -0.3 is 10.6 Å². The molecule has 2 aromatic carbocycles. The van der Waals surface area contributed by atoms with Gasteiger partial charge in [-0.25, -0.2) is 4.39 Å². The minimum atomic E-state index is -0.613.